The summed E-state index contributed by atoms with van der Waals surface area (Å²) in [4.78, 5) is 15.3. The number of hydrogen-bond donors (Lipinski definition) is 0. The largest absolute Gasteiger partial charge is 0.320 e. The number of aryl methyl sites for hydroxylation is 1. The van der Waals surface area contributed by atoms with Crippen LogP contribution in [0.25, 0.3) is 0 Å². The zero-order valence-electron chi connectivity index (χ0n) is 12.3. The van der Waals surface area contributed by atoms with Crippen LogP contribution in [0.4, 0.5) is 0 Å². The van der Waals surface area contributed by atoms with E-state index in [-0.39, 0.29) is 5.91 Å². The van der Waals surface area contributed by atoms with Crippen LogP contribution in [0.1, 0.15) is 15.9 Å². The lowest BCUT2D eigenvalue weighted by molar-refractivity contribution is 0.0748. The molecule has 0 saturated carbocycles. The first-order chi connectivity index (χ1) is 9.84. The van der Waals surface area contributed by atoms with E-state index in [0.717, 1.165) is 16.2 Å². The lowest BCUT2D eigenvalue weighted by Crippen LogP contribution is -2.50. The van der Waals surface area contributed by atoms with Crippen LogP contribution in [-0.4, -0.2) is 55.2 Å². The first kappa shape index (κ1) is 16.7. The van der Waals surface area contributed by atoms with E-state index in [2.05, 4.69) is 0 Å². The SMILES string of the molecule is CSc1ccc(C)c(C(=O)N2CCSC[C@H]2S(C)(=O)=O)c1. The van der Waals surface area contributed by atoms with Crippen molar-refractivity contribution in [3.63, 3.8) is 0 Å². The van der Waals surface area contributed by atoms with Gasteiger partial charge >= 0.3 is 0 Å². The van der Waals surface area contributed by atoms with Gasteiger partial charge in [0.05, 0.1) is 0 Å². The van der Waals surface area contributed by atoms with Crippen LogP contribution in [-0.2, 0) is 9.84 Å². The third-order valence-corrected chi connectivity index (χ3v) is 6.88. The molecule has 116 valence electrons. The Morgan fingerprint density at radius 2 is 2.14 bits per heavy atom. The van der Waals surface area contributed by atoms with Crippen LogP contribution in [0, 0.1) is 6.92 Å². The van der Waals surface area contributed by atoms with Gasteiger partial charge in [-0.05, 0) is 30.9 Å². The minimum atomic E-state index is -3.28. The van der Waals surface area contributed by atoms with E-state index < -0.39 is 15.2 Å². The molecule has 2 rings (SSSR count). The highest BCUT2D eigenvalue weighted by molar-refractivity contribution is 8.00. The maximum Gasteiger partial charge on any atom is 0.255 e. The Morgan fingerprint density at radius 1 is 1.43 bits per heavy atom. The molecule has 0 aromatic heterocycles. The van der Waals surface area contributed by atoms with Crippen molar-refractivity contribution < 1.29 is 13.2 Å². The minimum Gasteiger partial charge on any atom is -0.320 e. The van der Waals surface area contributed by atoms with Gasteiger partial charge in [-0.15, -0.1) is 11.8 Å². The second-order valence-electron chi connectivity index (χ2n) is 5.04. The van der Waals surface area contributed by atoms with Crippen molar-refractivity contribution in [2.45, 2.75) is 17.2 Å². The highest BCUT2D eigenvalue weighted by atomic mass is 32.2. The Morgan fingerprint density at radius 3 is 2.76 bits per heavy atom. The van der Waals surface area contributed by atoms with Gasteiger partial charge in [0.15, 0.2) is 9.84 Å². The second-order valence-corrected chi connectivity index (χ2v) is 9.27. The van der Waals surface area contributed by atoms with Crippen LogP contribution >= 0.6 is 23.5 Å². The number of benzene rings is 1. The fraction of sp³-hybridized carbons (Fsp3) is 0.500. The molecule has 7 heteroatoms. The summed E-state index contributed by atoms with van der Waals surface area (Å²) in [7, 11) is -3.28. The monoisotopic (exact) mass is 345 g/mol. The van der Waals surface area contributed by atoms with Gasteiger partial charge in [0.1, 0.15) is 5.37 Å². The van der Waals surface area contributed by atoms with Gasteiger partial charge in [-0.25, -0.2) is 8.42 Å². The standard InChI is InChI=1S/C14H19NO3S3/c1-10-4-5-11(19-2)8-12(10)14(16)15-6-7-20-9-13(15)21(3,17)18/h4-5,8,13H,6-7,9H2,1-3H3/t13-/m1/s1. The topological polar surface area (TPSA) is 54.5 Å². The molecule has 21 heavy (non-hydrogen) atoms. The van der Waals surface area contributed by atoms with Crippen molar-refractivity contribution in [3.8, 4) is 0 Å². The summed E-state index contributed by atoms with van der Waals surface area (Å²) in [5.74, 6) is 1.05. The molecule has 0 spiro atoms. The molecule has 1 saturated heterocycles. The molecule has 4 nitrogen and oxygen atoms in total. The Balaban J connectivity index is 2.37. The molecule has 1 fully saturated rings. The maximum atomic E-state index is 12.8. The summed E-state index contributed by atoms with van der Waals surface area (Å²) in [6.07, 6.45) is 3.16. The molecule has 0 aliphatic carbocycles. The average molecular weight is 346 g/mol. The molecule has 1 aliphatic rings. The maximum absolute atomic E-state index is 12.8. The van der Waals surface area contributed by atoms with E-state index in [1.54, 1.807) is 23.5 Å². The van der Waals surface area contributed by atoms with Crippen molar-refractivity contribution in [2.75, 3.05) is 30.6 Å². The van der Waals surface area contributed by atoms with Gasteiger partial charge < -0.3 is 4.90 Å². The first-order valence-corrected chi connectivity index (χ1v) is 10.9. The lowest BCUT2D eigenvalue weighted by atomic mass is 10.1. The van der Waals surface area contributed by atoms with Crippen LogP contribution in [0.3, 0.4) is 0 Å². The molecule has 1 atom stereocenters. The van der Waals surface area contributed by atoms with Gasteiger partial charge in [0.2, 0.25) is 0 Å². The molecule has 0 bridgehead atoms. The fourth-order valence-corrected chi connectivity index (χ4v) is 5.54. The Kier molecular flexibility index (Phi) is 5.27. The molecular formula is C14H19NO3S3. The van der Waals surface area contributed by atoms with Crippen LogP contribution < -0.4 is 0 Å². The molecular weight excluding hydrogens is 326 g/mol. The van der Waals surface area contributed by atoms with Gasteiger partial charge in [-0.3, -0.25) is 4.79 Å². The predicted octanol–water partition coefficient (Wildman–Crippen LogP) is 2.28. The van der Waals surface area contributed by atoms with E-state index in [1.807, 2.05) is 31.4 Å². The number of rotatable bonds is 3. The smallest absolute Gasteiger partial charge is 0.255 e. The van der Waals surface area contributed by atoms with Crippen molar-refractivity contribution >= 4 is 39.3 Å². The van der Waals surface area contributed by atoms with Crippen molar-refractivity contribution in [1.29, 1.82) is 0 Å². The number of nitrogens with zero attached hydrogens (tertiary/aromatic N) is 1. The molecule has 1 aromatic carbocycles. The number of sulfone groups is 1. The number of hydrogen-bond acceptors (Lipinski definition) is 5. The van der Waals surface area contributed by atoms with E-state index in [0.29, 0.717) is 17.9 Å². The quantitative estimate of drug-likeness (QED) is 0.787. The van der Waals surface area contributed by atoms with Gasteiger partial charge in [0.25, 0.3) is 5.91 Å². The molecule has 0 radical (unpaired) electrons. The zero-order valence-corrected chi connectivity index (χ0v) is 14.8. The molecule has 0 unspecified atom stereocenters. The van der Waals surface area contributed by atoms with Gasteiger partial charge in [-0.2, -0.15) is 11.8 Å². The van der Waals surface area contributed by atoms with E-state index in [4.69, 9.17) is 0 Å². The highest BCUT2D eigenvalue weighted by Gasteiger charge is 2.35. The van der Waals surface area contributed by atoms with Gasteiger partial charge in [-0.1, -0.05) is 6.07 Å². The molecule has 1 heterocycles. The van der Waals surface area contributed by atoms with Crippen molar-refractivity contribution in [1.82, 2.24) is 4.90 Å². The van der Waals surface area contributed by atoms with Gasteiger partial charge in [0, 0.05) is 34.8 Å². The zero-order chi connectivity index (χ0) is 15.6. The first-order valence-electron chi connectivity index (χ1n) is 6.57. The summed E-state index contributed by atoms with van der Waals surface area (Å²) < 4.78 is 23.9. The molecule has 1 aliphatic heterocycles. The van der Waals surface area contributed by atoms with E-state index >= 15 is 0 Å². The summed E-state index contributed by atoms with van der Waals surface area (Å²) in [5.41, 5.74) is 1.48. The van der Waals surface area contributed by atoms with Crippen molar-refractivity contribution in [3.05, 3.63) is 29.3 Å². The molecule has 0 N–H and O–H groups in total. The fourth-order valence-electron chi connectivity index (χ4n) is 2.28. The third-order valence-electron chi connectivity index (χ3n) is 3.51. The Labute approximate surface area is 134 Å². The number of carbonyl (C=O) groups is 1. The number of amides is 1. The third kappa shape index (κ3) is 3.76. The molecule has 1 amide bonds. The highest BCUT2D eigenvalue weighted by Crippen LogP contribution is 2.25. The predicted molar refractivity (Wildman–Crippen MR) is 90.0 cm³/mol. The Bertz CT molecular complexity index is 643. The van der Waals surface area contributed by atoms with Crippen LogP contribution in [0.5, 0.6) is 0 Å². The average Bonchev–Trinajstić information content (AvgIpc) is 2.46. The summed E-state index contributed by atoms with van der Waals surface area (Å²) in [5, 5.41) is -0.721. The second kappa shape index (κ2) is 6.62. The summed E-state index contributed by atoms with van der Waals surface area (Å²) in [6.45, 7) is 2.36. The summed E-state index contributed by atoms with van der Waals surface area (Å²) in [6, 6.07) is 5.73. The minimum absolute atomic E-state index is 0.181. The van der Waals surface area contributed by atoms with E-state index in [1.165, 1.54) is 11.2 Å². The summed E-state index contributed by atoms with van der Waals surface area (Å²) >= 11 is 3.15. The van der Waals surface area contributed by atoms with Crippen molar-refractivity contribution in [2.24, 2.45) is 0 Å². The number of thioether (sulfide) groups is 2. The van der Waals surface area contributed by atoms with E-state index in [9.17, 15) is 13.2 Å². The van der Waals surface area contributed by atoms with Crippen LogP contribution in [0.15, 0.2) is 23.1 Å². The number of carbonyl (C=O) groups excluding carboxylic acids is 1. The lowest BCUT2D eigenvalue weighted by Gasteiger charge is -2.34. The normalized spacial score (nSPS) is 19.6. The van der Waals surface area contributed by atoms with Crippen LogP contribution in [0.2, 0.25) is 0 Å². The molecule has 1 aromatic rings. The Hall–Kier alpha value is -0.660.